The number of amides is 1. The first-order chi connectivity index (χ1) is 8.16. The lowest BCUT2D eigenvalue weighted by Crippen LogP contribution is -2.16. The van der Waals surface area contributed by atoms with Gasteiger partial charge >= 0.3 is 0 Å². The number of nitrogens with two attached hydrogens (primary N) is 1. The fourth-order valence-electron chi connectivity index (χ4n) is 1.52. The molecule has 0 saturated carbocycles. The van der Waals surface area contributed by atoms with E-state index in [0.29, 0.717) is 41.2 Å². The van der Waals surface area contributed by atoms with Crippen LogP contribution in [0, 0.1) is 0 Å². The van der Waals surface area contributed by atoms with Crippen molar-refractivity contribution < 1.29 is 14.3 Å². The van der Waals surface area contributed by atoms with Gasteiger partial charge < -0.3 is 15.2 Å². The Morgan fingerprint density at radius 2 is 2.18 bits per heavy atom. The molecule has 1 aliphatic rings. The second-order valence-corrected chi connectivity index (χ2v) is 4.95. The summed E-state index contributed by atoms with van der Waals surface area (Å²) in [6.07, 6.45) is 0. The van der Waals surface area contributed by atoms with Crippen molar-refractivity contribution >= 4 is 29.3 Å². The minimum atomic E-state index is -0.321. The van der Waals surface area contributed by atoms with Gasteiger partial charge in [-0.25, -0.2) is 0 Å². The van der Waals surface area contributed by atoms with Crippen LogP contribution >= 0.6 is 23.4 Å². The molecule has 6 heteroatoms. The van der Waals surface area contributed by atoms with Crippen LogP contribution in [0.15, 0.2) is 12.1 Å². The van der Waals surface area contributed by atoms with E-state index in [1.807, 2.05) is 12.1 Å². The molecule has 0 radical (unpaired) electrons. The predicted octanol–water partition coefficient (Wildman–Crippen LogP) is 1.83. The fourth-order valence-corrected chi connectivity index (χ4v) is 2.51. The maximum atomic E-state index is 10.6. The van der Waals surface area contributed by atoms with Crippen molar-refractivity contribution in [3.63, 3.8) is 0 Å². The third-order valence-corrected chi connectivity index (χ3v) is 3.48. The number of rotatable bonds is 4. The van der Waals surface area contributed by atoms with Crippen molar-refractivity contribution in [2.24, 2.45) is 5.73 Å². The summed E-state index contributed by atoms with van der Waals surface area (Å²) >= 11 is 7.53. The van der Waals surface area contributed by atoms with Crippen LogP contribution < -0.4 is 15.2 Å². The van der Waals surface area contributed by atoms with Crippen molar-refractivity contribution in [3.8, 4) is 11.5 Å². The smallest absolute Gasteiger partial charge is 0.227 e. The molecule has 4 nitrogen and oxygen atoms in total. The Morgan fingerprint density at radius 3 is 2.94 bits per heavy atom. The molecule has 0 fully saturated rings. The minimum absolute atomic E-state index is 0.298. The fraction of sp³-hybridized carbons (Fsp3) is 0.364. The number of fused-ring (bicyclic) bond motifs is 1. The van der Waals surface area contributed by atoms with E-state index in [0.717, 1.165) is 5.56 Å². The highest BCUT2D eigenvalue weighted by atomic mass is 35.5. The lowest BCUT2D eigenvalue weighted by atomic mass is 10.2. The van der Waals surface area contributed by atoms with Gasteiger partial charge in [0.05, 0.1) is 10.8 Å². The molecule has 2 rings (SSSR count). The molecule has 1 aromatic carbocycles. The Labute approximate surface area is 108 Å². The highest BCUT2D eigenvalue weighted by Gasteiger charge is 2.16. The van der Waals surface area contributed by atoms with Gasteiger partial charge in [0.1, 0.15) is 13.2 Å². The molecule has 0 spiro atoms. The molecule has 0 unspecified atom stereocenters. The summed E-state index contributed by atoms with van der Waals surface area (Å²) in [5.74, 6) is 1.91. The van der Waals surface area contributed by atoms with Crippen LogP contribution in [0.2, 0.25) is 5.02 Å². The van der Waals surface area contributed by atoms with Crippen LogP contribution in [-0.2, 0) is 10.5 Å². The van der Waals surface area contributed by atoms with E-state index in [1.165, 1.54) is 11.8 Å². The van der Waals surface area contributed by atoms with Crippen LogP contribution in [0.1, 0.15) is 5.56 Å². The number of carbonyl (C=O) groups excluding carboxylic acids is 1. The van der Waals surface area contributed by atoms with E-state index < -0.39 is 0 Å². The second-order valence-electron chi connectivity index (χ2n) is 3.56. The Morgan fingerprint density at radius 1 is 1.41 bits per heavy atom. The number of carbonyl (C=O) groups is 1. The summed E-state index contributed by atoms with van der Waals surface area (Å²) in [6.45, 7) is 1.05. The number of ether oxygens (including phenoxy) is 2. The van der Waals surface area contributed by atoms with Crippen molar-refractivity contribution in [2.45, 2.75) is 5.75 Å². The van der Waals surface area contributed by atoms with Crippen LogP contribution in [0.4, 0.5) is 0 Å². The van der Waals surface area contributed by atoms with Crippen molar-refractivity contribution in [3.05, 3.63) is 22.7 Å². The second kappa shape index (κ2) is 5.51. The number of hydrogen-bond acceptors (Lipinski definition) is 4. The number of benzene rings is 1. The average Bonchev–Trinajstić information content (AvgIpc) is 2.28. The number of hydrogen-bond donors (Lipinski definition) is 1. The Hall–Kier alpha value is -1.07. The average molecular weight is 274 g/mol. The number of thioether (sulfide) groups is 1. The quantitative estimate of drug-likeness (QED) is 0.909. The summed E-state index contributed by atoms with van der Waals surface area (Å²) in [7, 11) is 0. The molecule has 92 valence electrons. The first kappa shape index (κ1) is 12.4. The summed E-state index contributed by atoms with van der Waals surface area (Å²) in [6, 6.07) is 3.71. The molecule has 1 aliphatic heterocycles. The first-order valence-corrected chi connectivity index (χ1v) is 6.64. The Kier molecular flexibility index (Phi) is 4.02. The van der Waals surface area contributed by atoms with Crippen molar-refractivity contribution in [2.75, 3.05) is 19.0 Å². The third kappa shape index (κ3) is 3.20. The molecule has 1 amide bonds. The minimum Gasteiger partial charge on any atom is -0.486 e. The molecular weight excluding hydrogens is 262 g/mol. The zero-order valence-corrected chi connectivity index (χ0v) is 10.6. The van der Waals surface area contributed by atoms with E-state index in [9.17, 15) is 4.79 Å². The van der Waals surface area contributed by atoms with Crippen LogP contribution in [0.5, 0.6) is 11.5 Å². The van der Waals surface area contributed by atoms with Crippen molar-refractivity contribution in [1.82, 2.24) is 0 Å². The highest BCUT2D eigenvalue weighted by molar-refractivity contribution is 7.99. The number of halogens is 1. The maximum absolute atomic E-state index is 10.6. The molecular formula is C11H12ClNO3S. The molecule has 1 aromatic rings. The van der Waals surface area contributed by atoms with E-state index in [4.69, 9.17) is 26.8 Å². The third-order valence-electron chi connectivity index (χ3n) is 2.17. The molecule has 0 atom stereocenters. The summed E-state index contributed by atoms with van der Waals surface area (Å²) in [5.41, 5.74) is 6.06. The van der Waals surface area contributed by atoms with Gasteiger partial charge in [0, 0.05) is 5.75 Å². The lowest BCUT2D eigenvalue weighted by Gasteiger charge is -2.20. The van der Waals surface area contributed by atoms with E-state index in [1.54, 1.807) is 0 Å². The predicted molar refractivity (Wildman–Crippen MR) is 67.8 cm³/mol. The van der Waals surface area contributed by atoms with E-state index >= 15 is 0 Å². The van der Waals surface area contributed by atoms with Gasteiger partial charge in [0.25, 0.3) is 0 Å². The highest BCUT2D eigenvalue weighted by Crippen LogP contribution is 2.38. The van der Waals surface area contributed by atoms with Gasteiger partial charge in [-0.2, -0.15) is 0 Å². The van der Waals surface area contributed by atoms with Gasteiger partial charge in [-0.1, -0.05) is 11.6 Å². The zero-order chi connectivity index (χ0) is 12.3. The molecule has 0 saturated heterocycles. The summed E-state index contributed by atoms with van der Waals surface area (Å²) < 4.78 is 10.9. The monoisotopic (exact) mass is 273 g/mol. The molecule has 0 aliphatic carbocycles. The van der Waals surface area contributed by atoms with Crippen LogP contribution in [-0.4, -0.2) is 24.9 Å². The van der Waals surface area contributed by atoms with Crippen LogP contribution in [0.25, 0.3) is 0 Å². The first-order valence-electron chi connectivity index (χ1n) is 5.11. The Bertz CT molecular complexity index is 439. The molecule has 1 heterocycles. The maximum Gasteiger partial charge on any atom is 0.227 e. The van der Waals surface area contributed by atoms with Crippen molar-refractivity contribution in [1.29, 1.82) is 0 Å². The normalized spacial score (nSPS) is 13.5. The standard InChI is InChI=1S/C11H12ClNO3S/c12-8-3-7(5-17-6-10(13)14)4-9-11(8)16-2-1-15-9/h3-4H,1-2,5-6H2,(H2,13,14). The molecule has 0 aromatic heterocycles. The topological polar surface area (TPSA) is 61.6 Å². The number of primary amides is 1. The van der Waals surface area contributed by atoms with E-state index in [-0.39, 0.29) is 5.91 Å². The summed E-state index contributed by atoms with van der Waals surface area (Å²) in [5, 5.41) is 0.539. The van der Waals surface area contributed by atoms with Gasteiger partial charge in [-0.05, 0) is 17.7 Å². The summed E-state index contributed by atoms with van der Waals surface area (Å²) in [4.78, 5) is 10.6. The Balaban J connectivity index is 2.08. The molecule has 17 heavy (non-hydrogen) atoms. The van der Waals surface area contributed by atoms with E-state index in [2.05, 4.69) is 0 Å². The molecule has 2 N–H and O–H groups in total. The molecule has 0 bridgehead atoms. The van der Waals surface area contributed by atoms with Gasteiger partial charge in [-0.15, -0.1) is 11.8 Å². The largest absolute Gasteiger partial charge is 0.486 e. The SMILES string of the molecule is NC(=O)CSCc1cc(Cl)c2c(c1)OCCO2. The zero-order valence-electron chi connectivity index (χ0n) is 9.07. The van der Waals surface area contributed by atoms with Gasteiger partial charge in [0.15, 0.2) is 11.5 Å². The van der Waals surface area contributed by atoms with Gasteiger partial charge in [0.2, 0.25) is 5.91 Å². The van der Waals surface area contributed by atoms with Gasteiger partial charge in [-0.3, -0.25) is 4.79 Å². The lowest BCUT2D eigenvalue weighted by molar-refractivity contribution is -0.115. The van der Waals surface area contributed by atoms with Crippen LogP contribution in [0.3, 0.4) is 0 Å².